The second kappa shape index (κ2) is 5.59. The Bertz CT molecular complexity index is 379. The van der Waals surface area contributed by atoms with Crippen LogP contribution in [0.3, 0.4) is 0 Å². The minimum absolute atomic E-state index is 0.118. The van der Waals surface area contributed by atoms with Crippen molar-refractivity contribution in [3.63, 3.8) is 0 Å². The molecule has 0 spiro atoms. The predicted molar refractivity (Wildman–Crippen MR) is 71.1 cm³/mol. The van der Waals surface area contributed by atoms with Crippen molar-refractivity contribution in [1.29, 1.82) is 0 Å². The molecule has 18 heavy (non-hydrogen) atoms. The van der Waals surface area contributed by atoms with Gasteiger partial charge in [-0.2, -0.15) is 0 Å². The second-order valence-corrected chi connectivity index (χ2v) is 4.93. The van der Waals surface area contributed by atoms with Crippen LogP contribution < -0.4 is 10.1 Å². The fraction of sp³-hybridized carbons (Fsp3) is 0.571. The first-order valence-electron chi connectivity index (χ1n) is 6.32. The molecule has 2 atom stereocenters. The summed E-state index contributed by atoms with van der Waals surface area (Å²) in [6.07, 6.45) is 1.81. The first kappa shape index (κ1) is 13.2. The third kappa shape index (κ3) is 2.94. The first-order valence-corrected chi connectivity index (χ1v) is 6.32. The van der Waals surface area contributed by atoms with Crippen molar-refractivity contribution < 1.29 is 14.6 Å². The van der Waals surface area contributed by atoms with Crippen molar-refractivity contribution in [2.24, 2.45) is 0 Å². The lowest BCUT2D eigenvalue weighted by Crippen LogP contribution is -2.49. The van der Waals surface area contributed by atoms with E-state index in [1.54, 1.807) is 7.11 Å². The first-order chi connectivity index (χ1) is 8.67. The molecule has 4 heteroatoms. The lowest BCUT2D eigenvalue weighted by atomic mass is 9.87. The summed E-state index contributed by atoms with van der Waals surface area (Å²) in [6, 6.07) is 7.76. The highest BCUT2D eigenvalue weighted by atomic mass is 16.5. The van der Waals surface area contributed by atoms with E-state index >= 15 is 0 Å². The van der Waals surface area contributed by atoms with Gasteiger partial charge in [-0.1, -0.05) is 0 Å². The van der Waals surface area contributed by atoms with Crippen molar-refractivity contribution >= 4 is 5.69 Å². The molecule has 0 amide bonds. The number of nitrogens with one attached hydrogen (secondary N) is 1. The molecule has 2 rings (SSSR count). The molecule has 100 valence electrons. The number of rotatable bonds is 4. The second-order valence-electron chi connectivity index (χ2n) is 4.93. The number of benzene rings is 1. The van der Waals surface area contributed by atoms with Crippen LogP contribution in [0, 0.1) is 0 Å². The Morgan fingerprint density at radius 2 is 2.17 bits per heavy atom. The molecule has 0 bridgehead atoms. The van der Waals surface area contributed by atoms with Gasteiger partial charge < -0.3 is 19.9 Å². The van der Waals surface area contributed by atoms with Crippen LogP contribution in [0.25, 0.3) is 0 Å². The molecular weight excluding hydrogens is 230 g/mol. The molecule has 1 saturated heterocycles. The van der Waals surface area contributed by atoms with Gasteiger partial charge in [0.2, 0.25) is 0 Å². The van der Waals surface area contributed by atoms with E-state index in [0.717, 1.165) is 24.3 Å². The molecule has 0 radical (unpaired) electrons. The Morgan fingerprint density at radius 3 is 2.72 bits per heavy atom. The van der Waals surface area contributed by atoms with Gasteiger partial charge in [-0.25, -0.2) is 0 Å². The largest absolute Gasteiger partial charge is 0.497 e. The number of ether oxygens (including phenoxy) is 2. The average Bonchev–Trinajstić information content (AvgIpc) is 2.39. The lowest BCUT2D eigenvalue weighted by Gasteiger charge is -2.40. The smallest absolute Gasteiger partial charge is 0.119 e. The number of hydrogen-bond donors (Lipinski definition) is 2. The molecule has 0 saturated carbocycles. The van der Waals surface area contributed by atoms with E-state index in [-0.39, 0.29) is 18.2 Å². The molecule has 1 aliphatic heterocycles. The Morgan fingerprint density at radius 1 is 1.44 bits per heavy atom. The minimum atomic E-state index is -0.272. The monoisotopic (exact) mass is 251 g/mol. The van der Waals surface area contributed by atoms with E-state index in [1.807, 2.05) is 31.2 Å². The van der Waals surface area contributed by atoms with Crippen LogP contribution in [-0.4, -0.2) is 37.1 Å². The lowest BCUT2D eigenvalue weighted by molar-refractivity contribution is -0.0160. The maximum atomic E-state index is 9.68. The van der Waals surface area contributed by atoms with Gasteiger partial charge in [-0.15, -0.1) is 0 Å². The molecule has 1 aliphatic rings. The standard InChI is InChI=1S/C14H21NO3/c1-11-9-14(10-16,7-8-18-11)15-12-3-5-13(17-2)6-4-12/h3-6,11,15-16H,7-10H2,1-2H3. The zero-order chi connectivity index (χ0) is 13.0. The Balaban J connectivity index is 2.08. The molecule has 1 heterocycles. The molecule has 1 fully saturated rings. The van der Waals surface area contributed by atoms with Gasteiger partial charge >= 0.3 is 0 Å². The maximum absolute atomic E-state index is 9.68. The molecule has 0 aliphatic carbocycles. The van der Waals surface area contributed by atoms with Gasteiger partial charge in [0.1, 0.15) is 5.75 Å². The van der Waals surface area contributed by atoms with Gasteiger partial charge in [0.05, 0.1) is 25.4 Å². The summed E-state index contributed by atoms with van der Waals surface area (Å²) in [7, 11) is 1.65. The Hall–Kier alpha value is -1.26. The molecular formula is C14H21NO3. The highest BCUT2D eigenvalue weighted by molar-refractivity contribution is 5.48. The molecule has 0 aromatic heterocycles. The maximum Gasteiger partial charge on any atom is 0.119 e. The fourth-order valence-corrected chi connectivity index (χ4v) is 2.44. The van der Waals surface area contributed by atoms with Crippen LogP contribution in [0.5, 0.6) is 5.75 Å². The molecule has 4 nitrogen and oxygen atoms in total. The summed E-state index contributed by atoms with van der Waals surface area (Å²) in [5, 5.41) is 13.1. The normalized spacial score (nSPS) is 27.8. The van der Waals surface area contributed by atoms with Crippen molar-refractivity contribution in [3.8, 4) is 5.75 Å². The predicted octanol–water partition coefficient (Wildman–Crippen LogP) is 2.04. The number of anilines is 1. The molecule has 1 aromatic rings. The highest BCUT2D eigenvalue weighted by Gasteiger charge is 2.34. The topological polar surface area (TPSA) is 50.7 Å². The van der Waals surface area contributed by atoms with Gasteiger partial charge in [-0.05, 0) is 44.0 Å². The number of aliphatic hydroxyl groups is 1. The molecule has 1 aromatic carbocycles. The zero-order valence-corrected chi connectivity index (χ0v) is 11.0. The van der Waals surface area contributed by atoms with Crippen LogP contribution >= 0.6 is 0 Å². The van der Waals surface area contributed by atoms with Crippen molar-refractivity contribution in [2.45, 2.75) is 31.4 Å². The number of aliphatic hydroxyl groups excluding tert-OH is 1. The Kier molecular flexibility index (Phi) is 4.09. The average molecular weight is 251 g/mol. The fourth-order valence-electron chi connectivity index (χ4n) is 2.44. The van der Waals surface area contributed by atoms with Crippen LogP contribution in [0.15, 0.2) is 24.3 Å². The van der Waals surface area contributed by atoms with Gasteiger partial charge in [0.15, 0.2) is 0 Å². The summed E-state index contributed by atoms with van der Waals surface area (Å²) in [5.74, 6) is 0.832. The SMILES string of the molecule is COc1ccc(NC2(CO)CCOC(C)C2)cc1. The summed E-state index contributed by atoms with van der Waals surface area (Å²) >= 11 is 0. The van der Waals surface area contributed by atoms with Crippen molar-refractivity contribution in [1.82, 2.24) is 0 Å². The van der Waals surface area contributed by atoms with E-state index in [4.69, 9.17) is 9.47 Å². The van der Waals surface area contributed by atoms with Crippen LogP contribution in [0.4, 0.5) is 5.69 Å². The van der Waals surface area contributed by atoms with E-state index < -0.39 is 0 Å². The van der Waals surface area contributed by atoms with Crippen molar-refractivity contribution in [3.05, 3.63) is 24.3 Å². The van der Waals surface area contributed by atoms with E-state index in [9.17, 15) is 5.11 Å². The van der Waals surface area contributed by atoms with Crippen LogP contribution in [0.2, 0.25) is 0 Å². The third-order valence-electron chi connectivity index (χ3n) is 3.46. The van der Waals surface area contributed by atoms with Gasteiger partial charge in [0.25, 0.3) is 0 Å². The van der Waals surface area contributed by atoms with Gasteiger partial charge in [-0.3, -0.25) is 0 Å². The molecule has 2 N–H and O–H groups in total. The van der Waals surface area contributed by atoms with Gasteiger partial charge in [0, 0.05) is 12.3 Å². The summed E-state index contributed by atoms with van der Waals surface area (Å²) in [6.45, 7) is 2.84. The minimum Gasteiger partial charge on any atom is -0.497 e. The zero-order valence-electron chi connectivity index (χ0n) is 11.0. The number of methoxy groups -OCH3 is 1. The van der Waals surface area contributed by atoms with Crippen LogP contribution in [-0.2, 0) is 4.74 Å². The van der Waals surface area contributed by atoms with E-state index in [2.05, 4.69) is 5.32 Å². The summed E-state index contributed by atoms with van der Waals surface area (Å²) in [4.78, 5) is 0. The highest BCUT2D eigenvalue weighted by Crippen LogP contribution is 2.29. The summed E-state index contributed by atoms with van der Waals surface area (Å²) < 4.78 is 10.7. The Labute approximate surface area is 108 Å². The van der Waals surface area contributed by atoms with E-state index in [1.165, 1.54) is 0 Å². The van der Waals surface area contributed by atoms with Crippen molar-refractivity contribution in [2.75, 3.05) is 25.6 Å². The van der Waals surface area contributed by atoms with E-state index in [0.29, 0.717) is 6.61 Å². The third-order valence-corrected chi connectivity index (χ3v) is 3.46. The quantitative estimate of drug-likeness (QED) is 0.859. The molecule has 2 unspecified atom stereocenters. The number of hydrogen-bond acceptors (Lipinski definition) is 4. The van der Waals surface area contributed by atoms with Crippen LogP contribution in [0.1, 0.15) is 19.8 Å². The summed E-state index contributed by atoms with van der Waals surface area (Å²) in [5.41, 5.74) is 0.727.